The highest BCUT2D eigenvalue weighted by atomic mass is 16.5. The highest BCUT2D eigenvalue weighted by Crippen LogP contribution is 2.20. The van der Waals surface area contributed by atoms with Crippen LogP contribution in [-0.2, 0) is 12.8 Å². The maximum absolute atomic E-state index is 12.6. The van der Waals surface area contributed by atoms with E-state index in [9.17, 15) is 9.59 Å². The Morgan fingerprint density at radius 2 is 1.66 bits per heavy atom. The Morgan fingerprint density at radius 3 is 2.31 bits per heavy atom. The van der Waals surface area contributed by atoms with E-state index in [0.717, 1.165) is 37.9 Å². The summed E-state index contributed by atoms with van der Waals surface area (Å²) >= 11 is 0. The van der Waals surface area contributed by atoms with Crippen LogP contribution in [0.15, 0.2) is 53.1 Å². The number of benzene rings is 2. The van der Waals surface area contributed by atoms with Crippen LogP contribution in [-0.4, -0.2) is 58.4 Å². The third kappa shape index (κ3) is 4.88. The molecule has 4 rings (SSSR count). The van der Waals surface area contributed by atoms with Crippen molar-refractivity contribution in [3.63, 3.8) is 0 Å². The molecule has 7 nitrogen and oxygen atoms in total. The van der Waals surface area contributed by atoms with Crippen LogP contribution in [0.1, 0.15) is 51.9 Å². The van der Waals surface area contributed by atoms with Gasteiger partial charge in [-0.05, 0) is 61.2 Å². The zero-order valence-corrected chi connectivity index (χ0v) is 18.6. The van der Waals surface area contributed by atoms with Gasteiger partial charge in [0.2, 0.25) is 0 Å². The van der Waals surface area contributed by atoms with E-state index in [1.807, 2.05) is 41.3 Å². The molecule has 1 aromatic heterocycles. The molecule has 0 atom stereocenters. The van der Waals surface area contributed by atoms with E-state index in [1.54, 1.807) is 24.1 Å². The molecule has 0 spiro atoms. The minimum atomic E-state index is -0.0328. The monoisotopic (exact) mass is 432 g/mol. The molecule has 0 N–H and O–H groups in total. The molecule has 32 heavy (non-hydrogen) atoms. The second-order valence-corrected chi connectivity index (χ2v) is 8.12. The standard InChI is InChI=1S/C25H28N4O3/c1-3-18-6-8-20(9-7-18)24(30)28(2)17-14-22-26-23(32-27-22)19-10-12-21(13-11-19)25(31)29-15-4-5-16-29/h6-13H,3-5,14-17H2,1-2H3. The molecule has 1 aliphatic heterocycles. The maximum Gasteiger partial charge on any atom is 0.257 e. The number of nitrogens with zero attached hydrogens (tertiary/aromatic N) is 4. The van der Waals surface area contributed by atoms with Gasteiger partial charge in [0.1, 0.15) is 0 Å². The minimum Gasteiger partial charge on any atom is -0.341 e. The zero-order chi connectivity index (χ0) is 22.5. The van der Waals surface area contributed by atoms with E-state index < -0.39 is 0 Å². The average molecular weight is 433 g/mol. The fourth-order valence-electron chi connectivity index (χ4n) is 3.80. The van der Waals surface area contributed by atoms with Crippen LogP contribution in [0.4, 0.5) is 0 Å². The first-order valence-electron chi connectivity index (χ1n) is 11.1. The number of aryl methyl sites for hydroxylation is 1. The second-order valence-electron chi connectivity index (χ2n) is 8.12. The topological polar surface area (TPSA) is 79.5 Å². The van der Waals surface area contributed by atoms with Gasteiger partial charge in [-0.1, -0.05) is 24.2 Å². The molecule has 0 saturated carbocycles. The summed E-state index contributed by atoms with van der Waals surface area (Å²) in [6, 6.07) is 15.0. The highest BCUT2D eigenvalue weighted by Gasteiger charge is 2.20. The lowest BCUT2D eigenvalue weighted by atomic mass is 10.1. The van der Waals surface area contributed by atoms with Crippen LogP contribution in [0.5, 0.6) is 0 Å². The molecule has 7 heteroatoms. The van der Waals surface area contributed by atoms with Crippen LogP contribution in [0.25, 0.3) is 11.5 Å². The Balaban J connectivity index is 1.34. The molecule has 3 aromatic rings. The Bertz CT molecular complexity index is 1070. The highest BCUT2D eigenvalue weighted by molar-refractivity contribution is 5.95. The van der Waals surface area contributed by atoms with Gasteiger partial charge in [0, 0.05) is 49.8 Å². The van der Waals surface area contributed by atoms with E-state index in [2.05, 4.69) is 17.1 Å². The van der Waals surface area contributed by atoms with Crippen molar-refractivity contribution in [3.8, 4) is 11.5 Å². The lowest BCUT2D eigenvalue weighted by molar-refractivity contribution is 0.0786. The number of likely N-dealkylation sites (tertiary alicyclic amines) is 1. The second kappa shape index (κ2) is 9.77. The Morgan fingerprint density at radius 1 is 1.00 bits per heavy atom. The number of carbonyl (C=O) groups excluding carboxylic acids is 2. The van der Waals surface area contributed by atoms with Crippen molar-refractivity contribution in [1.29, 1.82) is 0 Å². The number of aromatic nitrogens is 2. The van der Waals surface area contributed by atoms with Crippen molar-refractivity contribution in [2.75, 3.05) is 26.7 Å². The van der Waals surface area contributed by atoms with Gasteiger partial charge >= 0.3 is 0 Å². The van der Waals surface area contributed by atoms with Crippen LogP contribution in [0, 0.1) is 0 Å². The summed E-state index contributed by atoms with van der Waals surface area (Å²) in [4.78, 5) is 33.1. The average Bonchev–Trinajstić information content (AvgIpc) is 3.54. The molecule has 166 valence electrons. The maximum atomic E-state index is 12.6. The van der Waals surface area contributed by atoms with E-state index >= 15 is 0 Å². The SMILES string of the molecule is CCc1ccc(C(=O)N(C)CCc2noc(-c3ccc(C(=O)N4CCCC4)cc3)n2)cc1. The van der Waals surface area contributed by atoms with Gasteiger partial charge in [0.15, 0.2) is 5.82 Å². The zero-order valence-electron chi connectivity index (χ0n) is 18.6. The fraction of sp³-hybridized carbons (Fsp3) is 0.360. The fourth-order valence-corrected chi connectivity index (χ4v) is 3.80. The van der Waals surface area contributed by atoms with E-state index in [1.165, 1.54) is 5.56 Å². The molecule has 2 aromatic carbocycles. The molecule has 0 bridgehead atoms. The van der Waals surface area contributed by atoms with Gasteiger partial charge in [-0.2, -0.15) is 4.98 Å². The van der Waals surface area contributed by atoms with Crippen molar-refractivity contribution >= 4 is 11.8 Å². The predicted octanol–water partition coefficient (Wildman–Crippen LogP) is 3.85. The van der Waals surface area contributed by atoms with Crippen LogP contribution in [0.3, 0.4) is 0 Å². The van der Waals surface area contributed by atoms with Gasteiger partial charge in [-0.25, -0.2) is 0 Å². The summed E-state index contributed by atoms with van der Waals surface area (Å²) in [7, 11) is 1.77. The summed E-state index contributed by atoms with van der Waals surface area (Å²) in [6.45, 7) is 4.23. The molecule has 0 radical (unpaired) electrons. The first kappa shape index (κ1) is 21.7. The number of hydrogen-bond acceptors (Lipinski definition) is 5. The largest absolute Gasteiger partial charge is 0.341 e. The Hall–Kier alpha value is -3.48. The van der Waals surface area contributed by atoms with Crippen LogP contribution < -0.4 is 0 Å². The van der Waals surface area contributed by atoms with Gasteiger partial charge in [0.25, 0.3) is 17.7 Å². The number of rotatable bonds is 7. The molecule has 0 unspecified atom stereocenters. The molecular formula is C25H28N4O3. The van der Waals surface area contributed by atoms with Crippen molar-refractivity contribution in [2.45, 2.75) is 32.6 Å². The summed E-state index contributed by atoms with van der Waals surface area (Å²) in [6.07, 6.45) is 3.58. The summed E-state index contributed by atoms with van der Waals surface area (Å²) in [5, 5.41) is 4.04. The molecule has 0 aliphatic carbocycles. The number of amides is 2. The minimum absolute atomic E-state index is 0.0328. The van der Waals surface area contributed by atoms with Gasteiger partial charge in [0.05, 0.1) is 0 Å². The molecule has 2 heterocycles. The number of carbonyl (C=O) groups is 2. The van der Waals surface area contributed by atoms with Gasteiger partial charge in [-0.15, -0.1) is 0 Å². The molecule has 1 fully saturated rings. The molecule has 1 saturated heterocycles. The lowest BCUT2D eigenvalue weighted by Gasteiger charge is -2.16. The van der Waals surface area contributed by atoms with Gasteiger partial charge in [-0.3, -0.25) is 9.59 Å². The first-order chi connectivity index (χ1) is 15.5. The predicted molar refractivity (Wildman–Crippen MR) is 121 cm³/mol. The van der Waals surface area contributed by atoms with Crippen molar-refractivity contribution in [2.24, 2.45) is 0 Å². The summed E-state index contributed by atoms with van der Waals surface area (Å²) < 4.78 is 5.39. The van der Waals surface area contributed by atoms with E-state index in [4.69, 9.17) is 4.52 Å². The van der Waals surface area contributed by atoms with Crippen LogP contribution >= 0.6 is 0 Å². The smallest absolute Gasteiger partial charge is 0.257 e. The van der Waals surface area contributed by atoms with E-state index in [0.29, 0.717) is 35.8 Å². The molecule has 2 amide bonds. The quantitative estimate of drug-likeness (QED) is 0.567. The lowest BCUT2D eigenvalue weighted by Crippen LogP contribution is -2.29. The normalized spacial score (nSPS) is 13.4. The van der Waals surface area contributed by atoms with E-state index in [-0.39, 0.29) is 11.8 Å². The van der Waals surface area contributed by atoms with Crippen LogP contribution in [0.2, 0.25) is 0 Å². The molecular weight excluding hydrogens is 404 g/mol. The first-order valence-corrected chi connectivity index (χ1v) is 11.1. The van der Waals surface area contributed by atoms with Gasteiger partial charge < -0.3 is 14.3 Å². The van der Waals surface area contributed by atoms with Crippen molar-refractivity contribution in [3.05, 3.63) is 71.0 Å². The Labute approximate surface area is 188 Å². The number of hydrogen-bond donors (Lipinski definition) is 0. The number of likely N-dealkylation sites (N-methyl/N-ethyl adjacent to an activating group) is 1. The third-order valence-corrected chi connectivity index (χ3v) is 5.87. The van der Waals surface area contributed by atoms with Crippen molar-refractivity contribution < 1.29 is 14.1 Å². The van der Waals surface area contributed by atoms with Crippen molar-refractivity contribution in [1.82, 2.24) is 19.9 Å². The third-order valence-electron chi connectivity index (χ3n) is 5.87. The summed E-state index contributed by atoms with van der Waals surface area (Å²) in [5.41, 5.74) is 3.31. The summed E-state index contributed by atoms with van der Waals surface area (Å²) in [5.74, 6) is 0.981. The Kier molecular flexibility index (Phi) is 6.63. The molecule has 1 aliphatic rings.